The lowest BCUT2D eigenvalue weighted by Crippen LogP contribution is -2.38. The highest BCUT2D eigenvalue weighted by Gasteiger charge is 2.24. The van der Waals surface area contributed by atoms with Crippen LogP contribution in [0, 0.1) is 0 Å². The van der Waals surface area contributed by atoms with Gasteiger partial charge in [-0.25, -0.2) is 4.98 Å². The molecule has 1 amide bonds. The minimum absolute atomic E-state index is 0.0306. The zero-order valence-corrected chi connectivity index (χ0v) is 17.3. The normalized spacial score (nSPS) is 18.1. The summed E-state index contributed by atoms with van der Waals surface area (Å²) in [6.07, 6.45) is 4.45. The number of piperidine rings is 1. The second-order valence-corrected chi connectivity index (χ2v) is 9.16. The number of rotatable bonds is 6. The fraction of sp³-hybridized carbons (Fsp3) is 0.391. The molecule has 2 fully saturated rings. The minimum Gasteiger partial charge on any atom is -0.359 e. The van der Waals surface area contributed by atoms with Gasteiger partial charge in [-0.15, -0.1) is 0 Å². The number of nitrogens with one attached hydrogen (secondary N) is 2. The maximum Gasteiger partial charge on any atom is 0.251 e. The Labute approximate surface area is 175 Å². The molecule has 2 heterocycles. The topological polar surface area (TPSA) is 57.3 Å². The van der Waals surface area contributed by atoms with Crippen molar-refractivity contribution in [3.8, 4) is 0 Å². The molecule has 5 nitrogen and oxygen atoms in total. The number of benzene rings is 2. The summed E-state index contributed by atoms with van der Waals surface area (Å²) in [5, 5.41) is 7.64. The van der Waals surface area contributed by atoms with Crippen molar-refractivity contribution in [3.63, 3.8) is 0 Å². The lowest BCUT2D eigenvalue weighted by molar-refractivity contribution is 0.0951. The van der Waals surface area contributed by atoms with Crippen molar-refractivity contribution in [1.82, 2.24) is 15.2 Å². The van der Waals surface area contributed by atoms with Gasteiger partial charge in [0.05, 0.1) is 10.2 Å². The molecule has 150 valence electrons. The first-order chi connectivity index (χ1) is 14.2. The van der Waals surface area contributed by atoms with Crippen molar-refractivity contribution < 1.29 is 4.79 Å². The van der Waals surface area contributed by atoms with Gasteiger partial charge in [0.25, 0.3) is 5.91 Å². The van der Waals surface area contributed by atoms with Crippen molar-refractivity contribution in [3.05, 3.63) is 59.7 Å². The molecule has 0 atom stereocenters. The average Bonchev–Trinajstić information content (AvgIpc) is 3.46. The number of anilines is 1. The molecular formula is C23H26N4OS. The molecule has 0 spiro atoms. The van der Waals surface area contributed by atoms with E-state index in [1.807, 2.05) is 18.2 Å². The van der Waals surface area contributed by atoms with Crippen LogP contribution in [-0.4, -0.2) is 41.0 Å². The molecule has 1 saturated carbocycles. The van der Waals surface area contributed by atoms with Gasteiger partial charge in [-0.2, -0.15) is 0 Å². The van der Waals surface area contributed by atoms with Crippen molar-refractivity contribution >= 4 is 32.6 Å². The second kappa shape index (κ2) is 8.13. The SMILES string of the molecule is O=C(NC1CC1)c1ccc2nc(NC3CCN(Cc4ccccc4)CC3)sc2c1. The Hall–Kier alpha value is -2.44. The Morgan fingerprint density at radius 1 is 1.03 bits per heavy atom. The highest BCUT2D eigenvalue weighted by atomic mass is 32.1. The van der Waals surface area contributed by atoms with E-state index in [1.165, 1.54) is 5.56 Å². The number of amides is 1. The van der Waals surface area contributed by atoms with Crippen LogP contribution < -0.4 is 10.6 Å². The first kappa shape index (κ1) is 18.6. The van der Waals surface area contributed by atoms with E-state index in [0.717, 1.165) is 66.2 Å². The molecular weight excluding hydrogens is 380 g/mol. The number of fused-ring (bicyclic) bond motifs is 1. The number of hydrogen-bond acceptors (Lipinski definition) is 5. The zero-order chi connectivity index (χ0) is 19.6. The first-order valence-electron chi connectivity index (χ1n) is 10.5. The summed E-state index contributed by atoms with van der Waals surface area (Å²) in [6, 6.07) is 17.3. The molecule has 0 unspecified atom stereocenters. The van der Waals surface area contributed by atoms with Crippen molar-refractivity contribution in [1.29, 1.82) is 0 Å². The highest BCUT2D eigenvalue weighted by Crippen LogP contribution is 2.29. The Morgan fingerprint density at radius 2 is 1.83 bits per heavy atom. The third-order valence-corrected chi connectivity index (χ3v) is 6.68. The van der Waals surface area contributed by atoms with E-state index in [1.54, 1.807) is 11.3 Å². The monoisotopic (exact) mass is 406 g/mol. The van der Waals surface area contributed by atoms with Crippen LogP contribution in [0.1, 0.15) is 41.6 Å². The van der Waals surface area contributed by atoms with Crippen LogP contribution >= 0.6 is 11.3 Å². The quantitative estimate of drug-likeness (QED) is 0.642. The van der Waals surface area contributed by atoms with E-state index in [4.69, 9.17) is 4.98 Å². The van der Waals surface area contributed by atoms with Crippen LogP contribution in [0.5, 0.6) is 0 Å². The molecule has 1 aliphatic heterocycles. The van der Waals surface area contributed by atoms with E-state index < -0.39 is 0 Å². The lowest BCUT2D eigenvalue weighted by Gasteiger charge is -2.32. The number of thiazole rings is 1. The fourth-order valence-corrected chi connectivity index (χ4v) is 4.86. The van der Waals surface area contributed by atoms with Gasteiger partial charge in [0, 0.05) is 37.3 Å². The standard InChI is InChI=1S/C23H26N4OS/c28-22(24-18-7-8-18)17-6-9-20-21(14-17)29-23(26-20)25-19-10-12-27(13-11-19)15-16-4-2-1-3-5-16/h1-6,9,14,18-19H,7-8,10-13,15H2,(H,24,28)(H,25,26). The third kappa shape index (κ3) is 4.60. The Kier molecular flexibility index (Phi) is 5.21. The Morgan fingerprint density at radius 3 is 2.59 bits per heavy atom. The number of nitrogens with zero attached hydrogens (tertiary/aromatic N) is 2. The predicted octanol–water partition coefficient (Wildman–Crippen LogP) is 4.27. The molecule has 1 aromatic heterocycles. The highest BCUT2D eigenvalue weighted by molar-refractivity contribution is 7.22. The second-order valence-electron chi connectivity index (χ2n) is 8.13. The number of carbonyl (C=O) groups excluding carboxylic acids is 1. The van der Waals surface area contributed by atoms with Crippen molar-refractivity contribution in [2.75, 3.05) is 18.4 Å². The largest absolute Gasteiger partial charge is 0.359 e. The summed E-state index contributed by atoms with van der Waals surface area (Å²) in [5.41, 5.74) is 3.07. The molecule has 3 aromatic rings. The molecule has 0 bridgehead atoms. The average molecular weight is 407 g/mol. The third-order valence-electron chi connectivity index (χ3n) is 5.73. The summed E-state index contributed by atoms with van der Waals surface area (Å²) in [7, 11) is 0. The minimum atomic E-state index is 0.0306. The van der Waals surface area contributed by atoms with E-state index in [-0.39, 0.29) is 5.91 Å². The zero-order valence-electron chi connectivity index (χ0n) is 16.4. The summed E-state index contributed by atoms with van der Waals surface area (Å²) in [4.78, 5) is 19.5. The molecule has 5 rings (SSSR count). The van der Waals surface area contributed by atoms with Gasteiger partial charge >= 0.3 is 0 Å². The van der Waals surface area contributed by atoms with Crippen LogP contribution in [0.3, 0.4) is 0 Å². The fourth-order valence-electron chi connectivity index (χ4n) is 3.88. The van der Waals surface area contributed by atoms with Gasteiger partial charge in [0.1, 0.15) is 0 Å². The van der Waals surface area contributed by atoms with Crippen molar-refractivity contribution in [2.24, 2.45) is 0 Å². The number of aromatic nitrogens is 1. The molecule has 2 N–H and O–H groups in total. The number of carbonyl (C=O) groups is 1. The van der Waals surface area contributed by atoms with Crippen molar-refractivity contribution in [2.45, 2.75) is 44.3 Å². The Balaban J connectivity index is 1.18. The van der Waals surface area contributed by atoms with Gasteiger partial charge in [-0.05, 0) is 49.4 Å². The molecule has 6 heteroatoms. The maximum atomic E-state index is 12.3. The molecule has 2 aromatic carbocycles. The van der Waals surface area contributed by atoms with Gasteiger partial charge in [0.15, 0.2) is 5.13 Å². The van der Waals surface area contributed by atoms with E-state index in [2.05, 4.69) is 45.9 Å². The maximum absolute atomic E-state index is 12.3. The predicted molar refractivity (Wildman–Crippen MR) is 118 cm³/mol. The number of hydrogen-bond donors (Lipinski definition) is 2. The molecule has 2 aliphatic rings. The summed E-state index contributed by atoms with van der Waals surface area (Å²) in [6.45, 7) is 3.23. The summed E-state index contributed by atoms with van der Waals surface area (Å²) < 4.78 is 1.07. The van der Waals surface area contributed by atoms with Gasteiger partial charge in [0.2, 0.25) is 0 Å². The molecule has 1 aliphatic carbocycles. The smallest absolute Gasteiger partial charge is 0.251 e. The van der Waals surface area contributed by atoms with Crippen LogP contribution in [-0.2, 0) is 6.54 Å². The summed E-state index contributed by atoms with van der Waals surface area (Å²) in [5.74, 6) is 0.0306. The van der Waals surface area contributed by atoms with Gasteiger partial charge < -0.3 is 10.6 Å². The first-order valence-corrected chi connectivity index (χ1v) is 11.3. The van der Waals surface area contributed by atoms with E-state index >= 15 is 0 Å². The summed E-state index contributed by atoms with van der Waals surface area (Å²) >= 11 is 1.64. The number of likely N-dealkylation sites (tertiary alicyclic amines) is 1. The Bertz CT molecular complexity index is 991. The van der Waals surface area contributed by atoms with Crippen LogP contribution in [0.4, 0.5) is 5.13 Å². The molecule has 1 saturated heterocycles. The van der Waals surface area contributed by atoms with E-state index in [0.29, 0.717) is 12.1 Å². The molecule has 0 radical (unpaired) electrons. The van der Waals surface area contributed by atoms with Gasteiger partial charge in [-0.1, -0.05) is 41.7 Å². The van der Waals surface area contributed by atoms with Crippen LogP contribution in [0.15, 0.2) is 48.5 Å². The lowest BCUT2D eigenvalue weighted by atomic mass is 10.0. The van der Waals surface area contributed by atoms with Gasteiger partial charge in [-0.3, -0.25) is 9.69 Å². The van der Waals surface area contributed by atoms with Crippen LogP contribution in [0.2, 0.25) is 0 Å². The van der Waals surface area contributed by atoms with E-state index in [9.17, 15) is 4.79 Å². The molecule has 29 heavy (non-hydrogen) atoms. The van der Waals surface area contributed by atoms with Crippen LogP contribution in [0.25, 0.3) is 10.2 Å².